The van der Waals surface area contributed by atoms with Crippen molar-refractivity contribution in [2.24, 2.45) is 0 Å². The summed E-state index contributed by atoms with van der Waals surface area (Å²) in [6.07, 6.45) is 5.73. The Hall–Kier alpha value is -4.31. The van der Waals surface area contributed by atoms with E-state index in [2.05, 4.69) is 4.98 Å². The second-order valence-corrected chi connectivity index (χ2v) is 11.4. The van der Waals surface area contributed by atoms with Gasteiger partial charge in [0.15, 0.2) is 17.3 Å². The number of benzene rings is 2. The highest BCUT2D eigenvalue weighted by Crippen LogP contribution is 2.33. The monoisotopic (exact) mass is 578 g/mol. The minimum absolute atomic E-state index is 0.0868. The van der Waals surface area contributed by atoms with Crippen LogP contribution < -0.4 is 14.2 Å². The van der Waals surface area contributed by atoms with Gasteiger partial charge in [0, 0.05) is 12.0 Å². The van der Waals surface area contributed by atoms with Gasteiger partial charge >= 0.3 is 0 Å². The van der Waals surface area contributed by atoms with Gasteiger partial charge in [0.1, 0.15) is 16.2 Å². The molecule has 41 heavy (non-hydrogen) atoms. The molecule has 0 fully saturated rings. The van der Waals surface area contributed by atoms with E-state index in [0.717, 1.165) is 35.6 Å². The Morgan fingerprint density at radius 3 is 2.46 bits per heavy atom. The van der Waals surface area contributed by atoms with Gasteiger partial charge in [-0.15, -0.1) is 0 Å². The van der Waals surface area contributed by atoms with Crippen molar-refractivity contribution in [1.82, 2.24) is 9.71 Å². The topological polar surface area (TPSA) is 112 Å². The van der Waals surface area contributed by atoms with Crippen LogP contribution in [0.15, 0.2) is 65.6 Å². The first-order valence-corrected chi connectivity index (χ1v) is 14.6. The van der Waals surface area contributed by atoms with Crippen LogP contribution in [0, 0.1) is 26.6 Å². The van der Waals surface area contributed by atoms with Crippen LogP contribution in [0.5, 0.6) is 17.4 Å². The van der Waals surface area contributed by atoms with E-state index in [-0.39, 0.29) is 29.3 Å². The first-order valence-electron chi connectivity index (χ1n) is 13.2. The number of halogens is 1. The molecule has 1 amide bonds. The Kier molecular flexibility index (Phi) is 9.02. The molecule has 1 aromatic heterocycles. The molecule has 0 aliphatic heterocycles. The summed E-state index contributed by atoms with van der Waals surface area (Å²) in [5.74, 6) is -1.85. The summed E-state index contributed by atoms with van der Waals surface area (Å²) >= 11 is 0. The van der Waals surface area contributed by atoms with Gasteiger partial charge in [-0.2, -0.15) is 0 Å². The molecular weight excluding hydrogens is 547 g/mol. The summed E-state index contributed by atoms with van der Waals surface area (Å²) in [4.78, 5) is 29.4. The van der Waals surface area contributed by atoms with Crippen LogP contribution in [0.3, 0.4) is 0 Å². The van der Waals surface area contributed by atoms with Gasteiger partial charge in [0.25, 0.3) is 15.9 Å². The Morgan fingerprint density at radius 1 is 1.07 bits per heavy atom. The molecule has 3 aromatic rings. The van der Waals surface area contributed by atoms with E-state index in [1.807, 2.05) is 44.5 Å². The number of nitrogens with one attached hydrogen (secondary N) is 1. The number of ketones is 1. The summed E-state index contributed by atoms with van der Waals surface area (Å²) in [5.41, 5.74) is 3.06. The van der Waals surface area contributed by atoms with Crippen molar-refractivity contribution < 1.29 is 31.9 Å². The Labute approximate surface area is 239 Å². The average molecular weight is 579 g/mol. The van der Waals surface area contributed by atoms with E-state index in [9.17, 15) is 22.4 Å². The zero-order valence-electron chi connectivity index (χ0n) is 23.3. The van der Waals surface area contributed by atoms with Crippen LogP contribution in [0.25, 0.3) is 11.3 Å². The van der Waals surface area contributed by atoms with E-state index in [0.29, 0.717) is 17.9 Å². The largest absolute Gasteiger partial charge is 0.491 e. The van der Waals surface area contributed by atoms with Crippen molar-refractivity contribution in [2.75, 3.05) is 6.61 Å². The van der Waals surface area contributed by atoms with E-state index < -0.39 is 32.4 Å². The molecule has 2 aromatic carbocycles. The molecule has 1 N–H and O–H groups in total. The Bertz CT molecular complexity index is 1650. The van der Waals surface area contributed by atoms with Gasteiger partial charge in [-0.3, -0.25) is 9.59 Å². The number of carbonyl (C=O) groups excluding carboxylic acids is 2. The maximum absolute atomic E-state index is 14.8. The third-order valence-corrected chi connectivity index (χ3v) is 7.77. The number of allylic oxidation sites excluding steroid dienone is 4. The van der Waals surface area contributed by atoms with E-state index >= 15 is 0 Å². The lowest BCUT2D eigenvalue weighted by atomic mass is 10.1. The summed E-state index contributed by atoms with van der Waals surface area (Å²) in [6.45, 7) is 8.02. The number of unbranched alkanes of at least 4 members (excludes halogenated alkanes) is 1. The van der Waals surface area contributed by atoms with Crippen molar-refractivity contribution in [3.8, 4) is 28.6 Å². The third-order valence-electron chi connectivity index (χ3n) is 6.37. The summed E-state index contributed by atoms with van der Waals surface area (Å²) in [5, 5.41) is 0. The van der Waals surface area contributed by atoms with Crippen LogP contribution in [0.2, 0.25) is 0 Å². The number of aryl methyl sites for hydroxylation is 3. The van der Waals surface area contributed by atoms with Crippen molar-refractivity contribution in [3.63, 3.8) is 0 Å². The number of carbonyl (C=O) groups is 2. The summed E-state index contributed by atoms with van der Waals surface area (Å²) < 4.78 is 54.1. The van der Waals surface area contributed by atoms with Crippen LogP contribution in [-0.4, -0.2) is 31.7 Å². The van der Waals surface area contributed by atoms with Crippen LogP contribution in [-0.2, 0) is 14.8 Å². The molecule has 214 valence electrons. The van der Waals surface area contributed by atoms with Crippen molar-refractivity contribution in [3.05, 3.63) is 93.7 Å². The predicted molar refractivity (Wildman–Crippen MR) is 154 cm³/mol. The number of sulfonamides is 1. The fourth-order valence-corrected chi connectivity index (χ4v) is 5.48. The second kappa shape index (κ2) is 12.5. The number of amides is 1. The molecule has 1 aliphatic carbocycles. The SMILES string of the molecule is CCCCOc1ccc(-c2ccc(C(=O)NS(=O)(=O)C3=CC=CCC3=O)c(Oc3c(C)cc(C)cc3C)n2)cc1F. The summed E-state index contributed by atoms with van der Waals surface area (Å²) in [6, 6.07) is 11.0. The number of Topliss-reactive ketones (excluding diaryl/α,β-unsaturated/α-hetero) is 1. The lowest BCUT2D eigenvalue weighted by molar-refractivity contribution is -0.114. The normalized spacial score (nSPS) is 13.1. The average Bonchev–Trinajstić information content (AvgIpc) is 2.91. The molecule has 0 saturated heterocycles. The highest BCUT2D eigenvalue weighted by atomic mass is 32.2. The molecule has 10 heteroatoms. The molecule has 4 rings (SSSR count). The zero-order valence-corrected chi connectivity index (χ0v) is 24.1. The van der Waals surface area contributed by atoms with Gasteiger partial charge < -0.3 is 9.47 Å². The lowest BCUT2D eigenvalue weighted by Crippen LogP contribution is -2.34. The van der Waals surface area contributed by atoms with Gasteiger partial charge in [-0.05, 0) is 74.7 Å². The van der Waals surface area contributed by atoms with E-state index in [1.165, 1.54) is 36.4 Å². The van der Waals surface area contributed by atoms with E-state index in [1.54, 1.807) is 6.07 Å². The van der Waals surface area contributed by atoms with E-state index in [4.69, 9.17) is 9.47 Å². The first-order chi connectivity index (χ1) is 19.5. The maximum atomic E-state index is 14.8. The van der Waals surface area contributed by atoms with Crippen LogP contribution >= 0.6 is 0 Å². The molecule has 0 radical (unpaired) electrons. The van der Waals surface area contributed by atoms with Crippen LogP contribution in [0.1, 0.15) is 53.2 Å². The molecule has 0 spiro atoms. The molecule has 0 atom stereocenters. The highest BCUT2D eigenvalue weighted by molar-refractivity contribution is 7.95. The fourth-order valence-electron chi connectivity index (χ4n) is 4.38. The molecule has 0 bridgehead atoms. The van der Waals surface area contributed by atoms with Gasteiger partial charge in [-0.1, -0.05) is 43.2 Å². The van der Waals surface area contributed by atoms with Crippen molar-refractivity contribution >= 4 is 21.7 Å². The van der Waals surface area contributed by atoms with Gasteiger partial charge in [-0.25, -0.2) is 22.5 Å². The molecule has 0 saturated carbocycles. The number of nitrogens with zero attached hydrogens (tertiary/aromatic N) is 1. The van der Waals surface area contributed by atoms with Crippen molar-refractivity contribution in [2.45, 2.75) is 47.0 Å². The standard InChI is InChI=1S/C31H31FN2O6S/c1-5-6-15-39-27-14-11-22(18-24(27)32)25-13-12-23(30(36)34-41(37,38)28-10-8-7-9-26(28)35)31(33-25)40-29-20(3)16-19(2)17-21(29)4/h7-8,10-14,16-18H,5-6,9,15H2,1-4H3,(H,34,36). The fraction of sp³-hybridized carbons (Fsp3) is 0.258. The number of hydrogen-bond acceptors (Lipinski definition) is 7. The molecule has 8 nitrogen and oxygen atoms in total. The molecular formula is C31H31FN2O6S. The third kappa shape index (κ3) is 6.89. The molecule has 0 unspecified atom stereocenters. The number of pyridine rings is 1. The zero-order chi connectivity index (χ0) is 29.7. The lowest BCUT2D eigenvalue weighted by Gasteiger charge is -2.16. The predicted octanol–water partition coefficient (Wildman–Crippen LogP) is 6.26. The number of ether oxygens (including phenoxy) is 2. The first kappa shape index (κ1) is 29.7. The maximum Gasteiger partial charge on any atom is 0.270 e. The van der Waals surface area contributed by atoms with Gasteiger partial charge in [0.05, 0.1) is 12.3 Å². The molecule has 1 aliphatic rings. The smallest absolute Gasteiger partial charge is 0.270 e. The van der Waals surface area contributed by atoms with Crippen LogP contribution in [0.4, 0.5) is 4.39 Å². The van der Waals surface area contributed by atoms with Crippen molar-refractivity contribution in [1.29, 1.82) is 0 Å². The number of hydrogen-bond donors (Lipinski definition) is 1. The summed E-state index contributed by atoms with van der Waals surface area (Å²) in [7, 11) is -4.46. The Balaban J connectivity index is 1.73. The quantitative estimate of drug-likeness (QED) is 0.283. The minimum Gasteiger partial charge on any atom is -0.491 e. The Morgan fingerprint density at radius 2 is 1.80 bits per heavy atom. The molecule has 1 heterocycles. The number of rotatable bonds is 10. The second-order valence-electron chi connectivity index (χ2n) is 9.75. The highest BCUT2D eigenvalue weighted by Gasteiger charge is 2.29. The van der Waals surface area contributed by atoms with Gasteiger partial charge in [0.2, 0.25) is 5.88 Å². The minimum atomic E-state index is -4.46. The number of aromatic nitrogens is 1.